The monoisotopic (exact) mass is 495 g/mol. The van der Waals surface area contributed by atoms with Gasteiger partial charge in [0.15, 0.2) is 0 Å². The second-order valence-corrected chi connectivity index (χ2v) is 8.58. The number of hydrogen-bond acceptors (Lipinski definition) is 7. The zero-order valence-electron chi connectivity index (χ0n) is 21.0. The highest BCUT2D eigenvalue weighted by atomic mass is 16.5. The Balaban J connectivity index is 1.95. The number of aliphatic hydroxyl groups is 1. The van der Waals surface area contributed by atoms with Gasteiger partial charge in [0.2, 0.25) is 0 Å². The lowest BCUT2D eigenvalue weighted by atomic mass is 9.95. The van der Waals surface area contributed by atoms with E-state index in [1.54, 1.807) is 55.6 Å². The van der Waals surface area contributed by atoms with Gasteiger partial charge in [-0.25, -0.2) is 0 Å². The topological polar surface area (TPSA) is 102 Å². The molecule has 0 aliphatic carbocycles. The molecule has 1 N–H and O–H groups in total. The van der Waals surface area contributed by atoms with E-state index in [4.69, 9.17) is 14.2 Å². The fraction of sp³-hybridized carbons (Fsp3) is 0.393. The minimum Gasteiger partial charge on any atom is -0.507 e. The number of Topliss-reactive ketones (excluding diaryl/α,β-unsaturated/α-hetero) is 1. The number of esters is 1. The van der Waals surface area contributed by atoms with Crippen LogP contribution in [0.4, 0.5) is 0 Å². The van der Waals surface area contributed by atoms with E-state index in [1.807, 2.05) is 0 Å². The predicted octanol–water partition coefficient (Wildman–Crippen LogP) is 4.64. The quantitative estimate of drug-likeness (QED) is 0.114. The number of ether oxygens (including phenoxy) is 3. The molecule has 2 aromatic rings. The average molecular weight is 496 g/mol. The molecule has 1 saturated heterocycles. The highest BCUT2D eigenvalue weighted by Crippen LogP contribution is 2.40. The van der Waals surface area contributed by atoms with Crippen molar-refractivity contribution in [2.45, 2.75) is 45.6 Å². The van der Waals surface area contributed by atoms with Crippen LogP contribution in [0.15, 0.2) is 54.1 Å². The number of hydrogen-bond donors (Lipinski definition) is 1. The van der Waals surface area contributed by atoms with Crippen molar-refractivity contribution in [3.05, 3.63) is 65.2 Å². The SMILES string of the molecule is CCCCCOc1ccc(/C(O)=C2/C(=O)C(=O)N(CCCOC)C2c2ccc(OC(C)=O)cc2)cc1. The van der Waals surface area contributed by atoms with Crippen LogP contribution in [0.1, 0.15) is 56.7 Å². The smallest absolute Gasteiger partial charge is 0.308 e. The van der Waals surface area contributed by atoms with Crippen molar-refractivity contribution >= 4 is 23.4 Å². The number of rotatable bonds is 12. The lowest BCUT2D eigenvalue weighted by Gasteiger charge is -2.25. The second kappa shape index (κ2) is 12.9. The van der Waals surface area contributed by atoms with Crippen LogP contribution in [0.5, 0.6) is 11.5 Å². The van der Waals surface area contributed by atoms with Crippen LogP contribution in [-0.2, 0) is 19.1 Å². The van der Waals surface area contributed by atoms with Crippen molar-refractivity contribution in [3.8, 4) is 11.5 Å². The van der Waals surface area contributed by atoms with Gasteiger partial charge in [-0.3, -0.25) is 14.4 Å². The number of ketones is 1. The third-order valence-electron chi connectivity index (χ3n) is 5.89. The van der Waals surface area contributed by atoms with Crippen molar-refractivity contribution in [3.63, 3.8) is 0 Å². The van der Waals surface area contributed by atoms with E-state index in [0.717, 1.165) is 19.3 Å². The Bertz CT molecular complexity index is 1090. The minimum atomic E-state index is -0.793. The maximum atomic E-state index is 13.1. The molecule has 0 bridgehead atoms. The summed E-state index contributed by atoms with van der Waals surface area (Å²) >= 11 is 0. The Labute approximate surface area is 211 Å². The Kier molecular flexibility index (Phi) is 9.64. The van der Waals surface area contributed by atoms with Crippen LogP contribution in [0, 0.1) is 0 Å². The molecule has 1 amide bonds. The second-order valence-electron chi connectivity index (χ2n) is 8.58. The molecule has 1 unspecified atom stereocenters. The van der Waals surface area contributed by atoms with E-state index in [0.29, 0.717) is 42.3 Å². The summed E-state index contributed by atoms with van der Waals surface area (Å²) in [5.74, 6) is -1.13. The van der Waals surface area contributed by atoms with Crippen LogP contribution in [0.3, 0.4) is 0 Å². The first-order valence-corrected chi connectivity index (χ1v) is 12.2. The van der Waals surface area contributed by atoms with Gasteiger partial charge in [-0.1, -0.05) is 31.9 Å². The van der Waals surface area contributed by atoms with E-state index in [1.165, 1.54) is 11.8 Å². The Morgan fingerprint density at radius 3 is 2.22 bits per heavy atom. The lowest BCUT2D eigenvalue weighted by molar-refractivity contribution is -0.140. The molecule has 0 spiro atoms. The summed E-state index contributed by atoms with van der Waals surface area (Å²) in [5, 5.41) is 11.2. The fourth-order valence-corrected chi connectivity index (χ4v) is 4.13. The maximum absolute atomic E-state index is 13.1. The fourth-order valence-electron chi connectivity index (χ4n) is 4.13. The summed E-state index contributed by atoms with van der Waals surface area (Å²) in [5.41, 5.74) is 1.03. The van der Waals surface area contributed by atoms with Crippen LogP contribution < -0.4 is 9.47 Å². The Morgan fingerprint density at radius 2 is 1.61 bits per heavy atom. The molecule has 192 valence electrons. The summed E-state index contributed by atoms with van der Waals surface area (Å²) in [4.78, 5) is 38.8. The van der Waals surface area contributed by atoms with Crippen LogP contribution >= 0.6 is 0 Å². The average Bonchev–Trinajstić information content (AvgIpc) is 3.12. The first-order chi connectivity index (χ1) is 17.4. The summed E-state index contributed by atoms with van der Waals surface area (Å²) in [6, 6.07) is 12.6. The molecule has 3 rings (SSSR count). The number of aliphatic hydroxyl groups excluding tert-OH is 1. The van der Waals surface area contributed by atoms with Crippen LogP contribution in [0.25, 0.3) is 5.76 Å². The lowest BCUT2D eigenvalue weighted by Crippen LogP contribution is -2.31. The van der Waals surface area contributed by atoms with Crippen molar-refractivity contribution in [2.24, 2.45) is 0 Å². The highest BCUT2D eigenvalue weighted by Gasteiger charge is 2.45. The summed E-state index contributed by atoms with van der Waals surface area (Å²) in [7, 11) is 1.57. The molecule has 0 aromatic heterocycles. The van der Waals surface area contributed by atoms with E-state index in [-0.39, 0.29) is 17.9 Å². The molecular weight excluding hydrogens is 462 g/mol. The molecule has 1 aliphatic rings. The molecule has 0 saturated carbocycles. The summed E-state index contributed by atoms with van der Waals surface area (Å²) in [6.07, 6.45) is 3.68. The molecule has 36 heavy (non-hydrogen) atoms. The number of unbranched alkanes of at least 4 members (excludes halogenated alkanes) is 2. The predicted molar refractivity (Wildman–Crippen MR) is 135 cm³/mol. The third kappa shape index (κ3) is 6.51. The largest absolute Gasteiger partial charge is 0.507 e. The normalized spacial score (nSPS) is 16.9. The number of likely N-dealkylation sites (tertiary alicyclic amines) is 1. The molecule has 1 fully saturated rings. The number of methoxy groups -OCH3 is 1. The van der Waals surface area contributed by atoms with Gasteiger partial charge in [-0.2, -0.15) is 0 Å². The van der Waals surface area contributed by atoms with Gasteiger partial charge >= 0.3 is 5.97 Å². The summed E-state index contributed by atoms with van der Waals surface area (Å²) < 4.78 is 15.9. The first-order valence-electron chi connectivity index (χ1n) is 12.2. The van der Waals surface area contributed by atoms with Crippen molar-refractivity contribution in [1.29, 1.82) is 0 Å². The van der Waals surface area contributed by atoms with Crippen molar-refractivity contribution in [1.82, 2.24) is 4.90 Å². The number of benzene rings is 2. The van der Waals surface area contributed by atoms with Crippen molar-refractivity contribution < 1.29 is 33.7 Å². The number of amides is 1. The van der Waals surface area contributed by atoms with E-state index >= 15 is 0 Å². The van der Waals surface area contributed by atoms with Gasteiger partial charge in [-0.15, -0.1) is 0 Å². The first kappa shape index (κ1) is 26.9. The van der Waals surface area contributed by atoms with Crippen molar-refractivity contribution in [2.75, 3.05) is 26.9 Å². The van der Waals surface area contributed by atoms with E-state index in [2.05, 4.69) is 6.92 Å². The molecule has 8 nitrogen and oxygen atoms in total. The van der Waals surface area contributed by atoms with Gasteiger partial charge in [0.25, 0.3) is 11.7 Å². The molecular formula is C28H33NO7. The zero-order valence-corrected chi connectivity index (χ0v) is 21.0. The number of nitrogens with zero attached hydrogens (tertiary/aromatic N) is 1. The minimum absolute atomic E-state index is 0.00858. The third-order valence-corrected chi connectivity index (χ3v) is 5.89. The molecule has 8 heteroatoms. The zero-order chi connectivity index (χ0) is 26.1. The molecule has 1 heterocycles. The number of carbonyl (C=O) groups excluding carboxylic acids is 3. The Morgan fingerprint density at radius 1 is 0.944 bits per heavy atom. The van der Waals surface area contributed by atoms with Crippen LogP contribution in [-0.4, -0.2) is 54.5 Å². The highest BCUT2D eigenvalue weighted by molar-refractivity contribution is 6.46. The molecule has 1 atom stereocenters. The maximum Gasteiger partial charge on any atom is 0.308 e. The van der Waals surface area contributed by atoms with E-state index in [9.17, 15) is 19.5 Å². The van der Waals surface area contributed by atoms with Gasteiger partial charge in [0.1, 0.15) is 17.3 Å². The van der Waals surface area contributed by atoms with Gasteiger partial charge in [0, 0.05) is 32.7 Å². The van der Waals surface area contributed by atoms with Gasteiger partial charge in [0.05, 0.1) is 18.2 Å². The molecule has 0 radical (unpaired) electrons. The number of carbonyl (C=O) groups is 3. The summed E-state index contributed by atoms with van der Waals surface area (Å²) in [6.45, 7) is 4.73. The Hall–Kier alpha value is -3.65. The van der Waals surface area contributed by atoms with Crippen LogP contribution in [0.2, 0.25) is 0 Å². The van der Waals surface area contributed by atoms with Gasteiger partial charge < -0.3 is 24.2 Å². The molecule has 1 aliphatic heterocycles. The van der Waals surface area contributed by atoms with E-state index < -0.39 is 23.7 Å². The standard InChI is InChI=1S/C28H33NO7/c1-4-5-6-18-35-22-12-10-21(11-13-22)26(31)24-25(20-8-14-23(15-9-20)36-19(2)30)29(16-7-17-34-3)28(33)27(24)32/h8-15,25,31H,4-7,16-18H2,1-3H3/b26-24-. The molecule has 2 aromatic carbocycles. The van der Waals surface area contributed by atoms with Gasteiger partial charge in [-0.05, 0) is 54.8 Å².